The van der Waals surface area contributed by atoms with Crippen LogP contribution in [0.5, 0.6) is 5.75 Å². The van der Waals surface area contributed by atoms with E-state index in [4.69, 9.17) is 16.7 Å². The minimum Gasteiger partial charge on any atom is -0.507 e. The van der Waals surface area contributed by atoms with E-state index in [1.54, 1.807) is 0 Å². The molecule has 0 aliphatic rings. The fourth-order valence-electron chi connectivity index (χ4n) is 0.851. The van der Waals surface area contributed by atoms with Crippen molar-refractivity contribution in [3.8, 4) is 5.75 Å². The lowest BCUT2D eigenvalue weighted by Gasteiger charge is -1.97. The van der Waals surface area contributed by atoms with Crippen LogP contribution in [0.1, 0.15) is 5.56 Å². The molecule has 0 bridgehead atoms. The summed E-state index contributed by atoms with van der Waals surface area (Å²) in [6, 6.07) is 4.46. The molecule has 0 saturated carbocycles. The molecule has 0 spiro atoms. The zero-order valence-corrected chi connectivity index (χ0v) is 7.90. The summed E-state index contributed by atoms with van der Waals surface area (Å²) in [5.41, 5.74) is 0.402. The summed E-state index contributed by atoms with van der Waals surface area (Å²) in [5, 5.41) is 18.1. The minimum atomic E-state index is -1.03. The molecule has 1 aromatic carbocycles. The second-order valence-electron chi connectivity index (χ2n) is 2.57. The second-order valence-corrected chi connectivity index (χ2v) is 3.00. The van der Waals surface area contributed by atoms with E-state index in [-0.39, 0.29) is 12.3 Å². The molecule has 4 nitrogen and oxygen atoms in total. The monoisotopic (exact) mass is 213 g/mol. The number of rotatable bonds is 3. The van der Waals surface area contributed by atoms with E-state index in [0.29, 0.717) is 10.6 Å². The number of aliphatic imine (C=N–C) groups is 1. The highest BCUT2D eigenvalue weighted by molar-refractivity contribution is 6.30. The Labute approximate surface area is 85.5 Å². The molecule has 74 valence electrons. The van der Waals surface area contributed by atoms with Gasteiger partial charge in [0, 0.05) is 16.8 Å². The molecule has 1 aromatic rings. The van der Waals surface area contributed by atoms with E-state index in [0.717, 1.165) is 0 Å². The van der Waals surface area contributed by atoms with E-state index in [1.165, 1.54) is 24.4 Å². The van der Waals surface area contributed by atoms with Gasteiger partial charge in [0.1, 0.15) is 12.3 Å². The van der Waals surface area contributed by atoms with Crippen molar-refractivity contribution in [1.82, 2.24) is 0 Å². The molecule has 5 heteroatoms. The first-order valence-corrected chi connectivity index (χ1v) is 4.17. The van der Waals surface area contributed by atoms with Crippen LogP contribution in [0.25, 0.3) is 0 Å². The van der Waals surface area contributed by atoms with E-state index in [1.807, 2.05) is 0 Å². The van der Waals surface area contributed by atoms with Gasteiger partial charge in [-0.25, -0.2) is 0 Å². The summed E-state index contributed by atoms with van der Waals surface area (Å²) in [4.78, 5) is 13.7. The Kier molecular flexibility index (Phi) is 3.48. The molecular formula is C9H8ClNO3. The topological polar surface area (TPSA) is 69.9 Å². The standard InChI is InChI=1S/C9H8ClNO3/c10-7-1-2-8(12)6(3-7)4-11-5-9(13)14/h1-4,12H,5H2,(H,13,14). The fraction of sp³-hybridized carbons (Fsp3) is 0.111. The van der Waals surface area contributed by atoms with Crippen LogP contribution in [0.15, 0.2) is 23.2 Å². The number of aliphatic carboxylic acids is 1. The Morgan fingerprint density at radius 2 is 2.29 bits per heavy atom. The summed E-state index contributed by atoms with van der Waals surface area (Å²) in [7, 11) is 0. The van der Waals surface area contributed by atoms with Gasteiger partial charge in [-0.2, -0.15) is 0 Å². The summed E-state index contributed by atoms with van der Waals surface area (Å²) < 4.78 is 0. The second kappa shape index (κ2) is 4.62. The lowest BCUT2D eigenvalue weighted by molar-refractivity contribution is -0.135. The average molecular weight is 214 g/mol. The number of hydrogen-bond donors (Lipinski definition) is 2. The number of carbonyl (C=O) groups is 1. The maximum absolute atomic E-state index is 10.1. The molecule has 0 atom stereocenters. The van der Waals surface area contributed by atoms with Gasteiger partial charge in [0.05, 0.1) is 0 Å². The predicted octanol–water partition coefficient (Wildman–Crippen LogP) is 1.55. The Balaban J connectivity index is 2.80. The molecule has 2 N–H and O–H groups in total. The minimum absolute atomic E-state index is 0.0172. The van der Waals surface area contributed by atoms with Gasteiger partial charge in [-0.3, -0.25) is 9.79 Å². The molecule has 1 rings (SSSR count). The van der Waals surface area contributed by atoms with Crippen molar-refractivity contribution in [2.75, 3.05) is 6.54 Å². The number of benzene rings is 1. The summed E-state index contributed by atoms with van der Waals surface area (Å²) in [6.07, 6.45) is 1.27. The van der Waals surface area contributed by atoms with Crippen molar-refractivity contribution >= 4 is 23.8 Å². The molecule has 0 aliphatic heterocycles. The first-order chi connectivity index (χ1) is 6.59. The van der Waals surface area contributed by atoms with Crippen molar-refractivity contribution in [2.24, 2.45) is 4.99 Å². The van der Waals surface area contributed by atoms with Crippen LogP contribution in [0.3, 0.4) is 0 Å². The molecular weight excluding hydrogens is 206 g/mol. The van der Waals surface area contributed by atoms with Gasteiger partial charge in [0.2, 0.25) is 0 Å². The number of carboxylic acid groups (broad SMARTS) is 1. The molecule has 0 heterocycles. The van der Waals surface area contributed by atoms with Crippen LogP contribution in [0, 0.1) is 0 Å². The molecule has 0 unspecified atom stereocenters. The fourth-order valence-corrected chi connectivity index (χ4v) is 1.03. The van der Waals surface area contributed by atoms with Crippen molar-refractivity contribution < 1.29 is 15.0 Å². The van der Waals surface area contributed by atoms with Gasteiger partial charge in [0.15, 0.2) is 0 Å². The van der Waals surface area contributed by atoms with Gasteiger partial charge in [-0.05, 0) is 18.2 Å². The zero-order valence-electron chi connectivity index (χ0n) is 7.14. The third-order valence-electron chi connectivity index (χ3n) is 1.45. The van der Waals surface area contributed by atoms with Gasteiger partial charge in [-0.15, -0.1) is 0 Å². The quantitative estimate of drug-likeness (QED) is 0.749. The Hall–Kier alpha value is -1.55. The van der Waals surface area contributed by atoms with Crippen LogP contribution in [-0.2, 0) is 4.79 Å². The molecule has 0 aliphatic carbocycles. The van der Waals surface area contributed by atoms with Crippen molar-refractivity contribution in [3.63, 3.8) is 0 Å². The Bertz CT molecular complexity index is 376. The number of halogens is 1. The third kappa shape index (κ3) is 3.06. The number of carboxylic acids is 1. The maximum atomic E-state index is 10.1. The lowest BCUT2D eigenvalue weighted by Crippen LogP contribution is -1.99. The van der Waals surface area contributed by atoms with Crippen LogP contribution in [-0.4, -0.2) is 28.9 Å². The Morgan fingerprint density at radius 3 is 2.93 bits per heavy atom. The molecule has 0 aromatic heterocycles. The van der Waals surface area contributed by atoms with E-state index in [2.05, 4.69) is 4.99 Å². The highest BCUT2D eigenvalue weighted by Gasteiger charge is 1.99. The third-order valence-corrected chi connectivity index (χ3v) is 1.68. The molecule has 0 amide bonds. The first-order valence-electron chi connectivity index (χ1n) is 3.80. The largest absolute Gasteiger partial charge is 0.507 e. The highest BCUT2D eigenvalue weighted by Crippen LogP contribution is 2.19. The van der Waals surface area contributed by atoms with Crippen LogP contribution in [0.4, 0.5) is 0 Å². The summed E-state index contributed by atoms with van der Waals surface area (Å²) >= 11 is 5.67. The van der Waals surface area contributed by atoms with Gasteiger partial charge < -0.3 is 10.2 Å². The predicted molar refractivity (Wildman–Crippen MR) is 53.2 cm³/mol. The Morgan fingerprint density at radius 1 is 1.57 bits per heavy atom. The number of phenolic OH excluding ortho intramolecular Hbond substituents is 1. The number of hydrogen-bond acceptors (Lipinski definition) is 3. The van der Waals surface area contributed by atoms with Crippen molar-refractivity contribution in [2.45, 2.75) is 0 Å². The summed E-state index contributed by atoms with van der Waals surface area (Å²) in [6.45, 7) is -0.327. The van der Waals surface area contributed by atoms with Crippen LogP contribution < -0.4 is 0 Å². The highest BCUT2D eigenvalue weighted by atomic mass is 35.5. The first kappa shape index (κ1) is 10.5. The zero-order chi connectivity index (χ0) is 10.6. The van der Waals surface area contributed by atoms with E-state index in [9.17, 15) is 9.90 Å². The van der Waals surface area contributed by atoms with Gasteiger partial charge in [0.25, 0.3) is 0 Å². The van der Waals surface area contributed by atoms with Gasteiger partial charge >= 0.3 is 5.97 Å². The lowest BCUT2D eigenvalue weighted by atomic mass is 10.2. The number of aromatic hydroxyl groups is 1. The molecule has 0 saturated heterocycles. The summed E-state index contributed by atoms with van der Waals surface area (Å²) in [5.74, 6) is -1.01. The smallest absolute Gasteiger partial charge is 0.325 e. The SMILES string of the molecule is O=C(O)CN=Cc1cc(Cl)ccc1O. The van der Waals surface area contributed by atoms with Crippen molar-refractivity contribution in [3.05, 3.63) is 28.8 Å². The normalized spacial score (nSPS) is 10.6. The van der Waals surface area contributed by atoms with Crippen molar-refractivity contribution in [1.29, 1.82) is 0 Å². The molecule has 0 fully saturated rings. The van der Waals surface area contributed by atoms with Crippen LogP contribution in [0.2, 0.25) is 5.02 Å². The maximum Gasteiger partial charge on any atom is 0.325 e. The number of phenols is 1. The van der Waals surface area contributed by atoms with E-state index >= 15 is 0 Å². The van der Waals surface area contributed by atoms with Crippen LogP contribution >= 0.6 is 11.6 Å². The molecule has 0 radical (unpaired) electrons. The molecule has 14 heavy (non-hydrogen) atoms. The number of nitrogens with zero attached hydrogens (tertiary/aromatic N) is 1. The van der Waals surface area contributed by atoms with Gasteiger partial charge in [-0.1, -0.05) is 11.6 Å². The van der Waals surface area contributed by atoms with E-state index < -0.39 is 5.97 Å². The average Bonchev–Trinajstić information content (AvgIpc) is 2.10.